The molecule has 1 aliphatic heterocycles. The topological polar surface area (TPSA) is 33.3 Å². The summed E-state index contributed by atoms with van der Waals surface area (Å²) in [4.78, 5) is 2.49. The van der Waals surface area contributed by atoms with Gasteiger partial charge in [0.05, 0.1) is 11.0 Å². The highest BCUT2D eigenvalue weighted by molar-refractivity contribution is 6.21. The normalized spacial score (nSPS) is 16.2. The first-order chi connectivity index (χ1) is 23.8. The maximum atomic E-state index is 6.58. The molecule has 48 heavy (non-hydrogen) atoms. The highest BCUT2D eigenvalue weighted by Gasteiger charge is 2.39. The number of hydrogen-bond acceptors (Lipinski definition) is 3. The molecule has 0 amide bonds. The van der Waals surface area contributed by atoms with E-state index >= 15 is 0 Å². The second-order valence-electron chi connectivity index (χ2n) is 12.6. The van der Waals surface area contributed by atoms with Gasteiger partial charge in [0.25, 0.3) is 0 Å². The molecule has 2 aromatic heterocycles. The molecule has 228 valence electrons. The largest absolute Gasteiger partial charge is 0.454 e. The van der Waals surface area contributed by atoms with Crippen LogP contribution >= 0.6 is 0 Å². The van der Waals surface area contributed by atoms with Crippen molar-refractivity contribution in [3.05, 3.63) is 181 Å². The quantitative estimate of drug-likeness (QED) is 0.209. The number of benzene rings is 7. The van der Waals surface area contributed by atoms with Crippen LogP contribution < -0.4 is 10.2 Å². The third kappa shape index (κ3) is 4.13. The Labute approximate surface area is 278 Å². The van der Waals surface area contributed by atoms with Crippen molar-refractivity contribution >= 4 is 49.4 Å². The van der Waals surface area contributed by atoms with Gasteiger partial charge in [-0.15, -0.1) is 0 Å². The van der Waals surface area contributed by atoms with E-state index in [0.29, 0.717) is 0 Å². The fourth-order valence-corrected chi connectivity index (χ4v) is 7.62. The van der Waals surface area contributed by atoms with Crippen LogP contribution in [0, 0.1) is 0 Å². The molecule has 0 radical (unpaired) electrons. The summed E-state index contributed by atoms with van der Waals surface area (Å²) in [6.07, 6.45) is 0.0963. The lowest BCUT2D eigenvalue weighted by atomic mass is 9.96. The van der Waals surface area contributed by atoms with Crippen molar-refractivity contribution in [2.75, 3.05) is 4.90 Å². The van der Waals surface area contributed by atoms with Crippen LogP contribution in [0.1, 0.15) is 23.5 Å². The molecule has 1 fully saturated rings. The van der Waals surface area contributed by atoms with Crippen LogP contribution in [0.2, 0.25) is 0 Å². The Morgan fingerprint density at radius 3 is 1.92 bits per heavy atom. The lowest BCUT2D eigenvalue weighted by molar-refractivity contribution is 0.276. The second-order valence-corrected chi connectivity index (χ2v) is 12.6. The van der Waals surface area contributed by atoms with E-state index < -0.39 is 0 Å². The number of furan rings is 1. The maximum absolute atomic E-state index is 6.58. The number of rotatable bonds is 5. The van der Waals surface area contributed by atoms with Gasteiger partial charge in [-0.3, -0.25) is 5.32 Å². The predicted octanol–water partition coefficient (Wildman–Crippen LogP) is 11.2. The SMILES string of the molecule is c1ccc(-c2cccc(C3NC(c4ccccc4)N3c3ccc(-n4c5ccccc5c5ccc6c7ccccc7oc6c54)cc3)c2)cc1. The monoisotopic (exact) mass is 617 g/mol. The van der Waals surface area contributed by atoms with Gasteiger partial charge in [-0.05, 0) is 70.8 Å². The lowest BCUT2D eigenvalue weighted by Gasteiger charge is -2.52. The molecule has 3 heterocycles. The zero-order valence-electron chi connectivity index (χ0n) is 26.1. The molecule has 0 bridgehead atoms. The third-order valence-electron chi connectivity index (χ3n) is 9.88. The van der Waals surface area contributed by atoms with E-state index in [9.17, 15) is 0 Å². The number of hydrogen-bond donors (Lipinski definition) is 1. The number of nitrogens with one attached hydrogen (secondary N) is 1. The smallest absolute Gasteiger partial charge is 0.160 e. The number of fused-ring (bicyclic) bond motifs is 7. The summed E-state index contributed by atoms with van der Waals surface area (Å²) in [6, 6.07) is 60.6. The van der Waals surface area contributed by atoms with E-state index in [1.807, 2.05) is 6.07 Å². The Kier molecular flexibility index (Phi) is 6.05. The van der Waals surface area contributed by atoms with Crippen LogP contribution in [-0.4, -0.2) is 4.57 Å². The van der Waals surface area contributed by atoms with E-state index in [-0.39, 0.29) is 12.3 Å². The van der Waals surface area contributed by atoms with Gasteiger partial charge < -0.3 is 13.9 Å². The zero-order chi connectivity index (χ0) is 31.6. The molecule has 9 aromatic rings. The highest BCUT2D eigenvalue weighted by Crippen LogP contribution is 2.44. The molecule has 0 spiro atoms. The van der Waals surface area contributed by atoms with Crippen molar-refractivity contribution in [2.24, 2.45) is 0 Å². The summed E-state index contributed by atoms with van der Waals surface area (Å²) in [6.45, 7) is 0. The fourth-order valence-electron chi connectivity index (χ4n) is 7.62. The van der Waals surface area contributed by atoms with E-state index in [1.165, 1.54) is 33.0 Å². The Hall–Kier alpha value is -6.10. The Morgan fingerprint density at radius 1 is 0.458 bits per heavy atom. The van der Waals surface area contributed by atoms with Crippen molar-refractivity contribution in [2.45, 2.75) is 12.3 Å². The van der Waals surface area contributed by atoms with Gasteiger partial charge in [0.15, 0.2) is 5.58 Å². The summed E-state index contributed by atoms with van der Waals surface area (Å²) in [5.74, 6) is 0. The first-order valence-electron chi connectivity index (χ1n) is 16.5. The van der Waals surface area contributed by atoms with Crippen molar-refractivity contribution in [3.63, 3.8) is 0 Å². The van der Waals surface area contributed by atoms with Crippen LogP contribution in [-0.2, 0) is 0 Å². The van der Waals surface area contributed by atoms with E-state index in [1.54, 1.807) is 0 Å². The minimum atomic E-state index is 0.0353. The molecule has 2 unspecified atom stereocenters. The fraction of sp³-hybridized carbons (Fsp3) is 0.0455. The average molecular weight is 618 g/mol. The molecule has 1 aliphatic rings. The minimum Gasteiger partial charge on any atom is -0.454 e. The van der Waals surface area contributed by atoms with Crippen molar-refractivity contribution < 1.29 is 4.42 Å². The molecule has 1 saturated heterocycles. The molecule has 0 saturated carbocycles. The number of para-hydroxylation sites is 2. The average Bonchev–Trinajstić information content (AvgIpc) is 3.69. The Bertz CT molecular complexity index is 2600. The molecule has 2 atom stereocenters. The number of nitrogens with zero attached hydrogens (tertiary/aromatic N) is 2. The molecular weight excluding hydrogens is 587 g/mol. The van der Waals surface area contributed by atoms with Crippen molar-refractivity contribution in [1.82, 2.24) is 9.88 Å². The first kappa shape index (κ1) is 27.1. The zero-order valence-corrected chi connectivity index (χ0v) is 26.1. The van der Waals surface area contributed by atoms with Gasteiger partial charge in [-0.2, -0.15) is 0 Å². The van der Waals surface area contributed by atoms with Crippen LogP contribution in [0.15, 0.2) is 174 Å². The van der Waals surface area contributed by atoms with Gasteiger partial charge in [0.2, 0.25) is 0 Å². The predicted molar refractivity (Wildman–Crippen MR) is 197 cm³/mol. The van der Waals surface area contributed by atoms with Gasteiger partial charge in [-0.25, -0.2) is 0 Å². The van der Waals surface area contributed by atoms with Crippen molar-refractivity contribution in [3.8, 4) is 16.8 Å². The van der Waals surface area contributed by atoms with Crippen LogP contribution in [0.5, 0.6) is 0 Å². The summed E-state index contributed by atoms with van der Waals surface area (Å²) in [5.41, 5.74) is 11.3. The summed E-state index contributed by atoms with van der Waals surface area (Å²) in [7, 11) is 0. The highest BCUT2D eigenvalue weighted by atomic mass is 16.3. The van der Waals surface area contributed by atoms with E-state index in [2.05, 4.69) is 179 Å². The Balaban J connectivity index is 1.10. The molecule has 4 heteroatoms. The molecule has 0 aliphatic carbocycles. The summed E-state index contributed by atoms with van der Waals surface area (Å²) < 4.78 is 8.94. The lowest BCUT2D eigenvalue weighted by Crippen LogP contribution is -2.57. The van der Waals surface area contributed by atoms with E-state index in [4.69, 9.17) is 4.42 Å². The summed E-state index contributed by atoms with van der Waals surface area (Å²) >= 11 is 0. The van der Waals surface area contributed by atoms with E-state index in [0.717, 1.165) is 44.3 Å². The second kappa shape index (κ2) is 10.7. The maximum Gasteiger partial charge on any atom is 0.160 e. The van der Waals surface area contributed by atoms with Crippen LogP contribution in [0.4, 0.5) is 5.69 Å². The van der Waals surface area contributed by atoms with Crippen LogP contribution in [0.25, 0.3) is 60.6 Å². The van der Waals surface area contributed by atoms with Crippen LogP contribution in [0.3, 0.4) is 0 Å². The van der Waals surface area contributed by atoms with Gasteiger partial charge in [0.1, 0.15) is 17.9 Å². The number of anilines is 1. The molecule has 7 aromatic carbocycles. The van der Waals surface area contributed by atoms with Gasteiger partial charge in [-0.1, -0.05) is 121 Å². The molecule has 4 nitrogen and oxygen atoms in total. The van der Waals surface area contributed by atoms with Gasteiger partial charge in [0, 0.05) is 32.9 Å². The molecule has 1 N–H and O–H groups in total. The molecule has 10 rings (SSSR count). The van der Waals surface area contributed by atoms with Crippen molar-refractivity contribution in [1.29, 1.82) is 0 Å². The Morgan fingerprint density at radius 2 is 1.08 bits per heavy atom. The summed E-state index contributed by atoms with van der Waals surface area (Å²) in [5, 5.41) is 8.55. The standard InChI is InChI=1S/C44H31N3O/c1-3-12-29(13-4-1)31-16-11-17-32(28-31)44-45-43(30-14-5-2-6-15-30)47(44)34-24-22-33(23-25-34)46-39-20-9-7-18-35(39)37-26-27-38-36-19-8-10-21-40(36)48-42(38)41(37)46/h1-28,43-45H. The third-order valence-corrected chi connectivity index (χ3v) is 9.88. The number of aromatic nitrogens is 1. The molecular formula is C44H31N3O. The van der Waals surface area contributed by atoms with Gasteiger partial charge >= 0.3 is 0 Å². The minimum absolute atomic E-state index is 0.0353. The first-order valence-corrected chi connectivity index (χ1v) is 16.5.